The zero-order chi connectivity index (χ0) is 7.28. The van der Waals surface area contributed by atoms with E-state index in [1.165, 1.54) is 0 Å². The van der Waals surface area contributed by atoms with Gasteiger partial charge in [-0.1, -0.05) is 15.9 Å². The van der Waals surface area contributed by atoms with E-state index in [2.05, 4.69) is 15.9 Å². The summed E-state index contributed by atoms with van der Waals surface area (Å²) in [6.07, 6.45) is 0.604. The zero-order valence-electron chi connectivity index (χ0n) is 5.13. The van der Waals surface area contributed by atoms with E-state index in [1.54, 1.807) is 6.92 Å². The Balaban J connectivity index is 3.53. The first-order valence-electron chi connectivity index (χ1n) is 2.64. The van der Waals surface area contributed by atoms with Crippen LogP contribution in [0, 0.1) is 28.6 Å². The highest BCUT2D eigenvalue weighted by Gasteiger charge is 2.06. The second kappa shape index (κ2) is 4.35. The highest BCUT2D eigenvalue weighted by molar-refractivity contribution is 9.09. The molecule has 0 aliphatic carbocycles. The topological polar surface area (TPSA) is 47.6 Å². The van der Waals surface area contributed by atoms with E-state index in [0.29, 0.717) is 6.42 Å². The monoisotopic (exact) mass is 186 g/mol. The lowest BCUT2D eigenvalue weighted by Crippen LogP contribution is -1.99. The molecule has 0 N–H and O–H groups in total. The summed E-state index contributed by atoms with van der Waals surface area (Å²) in [5.41, 5.74) is 0. The smallest absolute Gasteiger partial charge is 0.103 e. The van der Waals surface area contributed by atoms with Crippen LogP contribution in [0.2, 0.25) is 0 Å². The first-order chi connectivity index (χ1) is 4.20. The molecule has 0 aromatic rings. The van der Waals surface area contributed by atoms with E-state index in [1.807, 2.05) is 12.1 Å². The summed E-state index contributed by atoms with van der Waals surface area (Å²) in [6, 6.07) is 4.04. The van der Waals surface area contributed by atoms with E-state index in [4.69, 9.17) is 10.5 Å². The van der Waals surface area contributed by atoms with Crippen molar-refractivity contribution in [1.29, 1.82) is 10.5 Å². The molecular formula is C6H7BrN2. The fourth-order valence-corrected chi connectivity index (χ4v) is 0.977. The molecule has 0 aliphatic rings. The van der Waals surface area contributed by atoms with Crippen LogP contribution in [0.4, 0.5) is 0 Å². The Morgan fingerprint density at radius 2 is 2.00 bits per heavy atom. The maximum Gasteiger partial charge on any atom is 0.103 e. The highest BCUT2D eigenvalue weighted by atomic mass is 79.9. The van der Waals surface area contributed by atoms with Gasteiger partial charge in [-0.3, -0.25) is 0 Å². The van der Waals surface area contributed by atoms with Gasteiger partial charge in [0.05, 0.1) is 12.1 Å². The van der Waals surface area contributed by atoms with Crippen LogP contribution < -0.4 is 0 Å². The molecule has 0 aliphatic heterocycles. The lowest BCUT2D eigenvalue weighted by molar-refractivity contribution is 0.689. The van der Waals surface area contributed by atoms with Gasteiger partial charge in [-0.25, -0.2) is 0 Å². The Morgan fingerprint density at radius 1 is 1.44 bits per heavy atom. The number of halogens is 1. The fraction of sp³-hybridized carbons (Fsp3) is 0.667. The molecule has 2 atom stereocenters. The Kier molecular flexibility index (Phi) is 4.09. The van der Waals surface area contributed by atoms with Gasteiger partial charge in [0.1, 0.15) is 4.83 Å². The van der Waals surface area contributed by atoms with Crippen molar-refractivity contribution in [3.8, 4) is 12.1 Å². The molecule has 0 amide bonds. The van der Waals surface area contributed by atoms with Gasteiger partial charge in [0, 0.05) is 5.92 Å². The van der Waals surface area contributed by atoms with Gasteiger partial charge in [-0.05, 0) is 13.3 Å². The van der Waals surface area contributed by atoms with Crippen LogP contribution in [0.25, 0.3) is 0 Å². The summed E-state index contributed by atoms with van der Waals surface area (Å²) in [6.45, 7) is 1.80. The lowest BCUT2D eigenvalue weighted by atomic mass is 10.1. The van der Waals surface area contributed by atoms with Gasteiger partial charge < -0.3 is 0 Å². The normalized spacial score (nSPS) is 15.1. The van der Waals surface area contributed by atoms with E-state index >= 15 is 0 Å². The van der Waals surface area contributed by atoms with Crippen molar-refractivity contribution in [3.63, 3.8) is 0 Å². The Bertz CT molecular complexity index is 135. The molecular weight excluding hydrogens is 180 g/mol. The van der Waals surface area contributed by atoms with Crippen molar-refractivity contribution in [3.05, 3.63) is 0 Å². The Labute approximate surface area is 63.2 Å². The van der Waals surface area contributed by atoms with Gasteiger partial charge >= 0.3 is 0 Å². The Hall–Kier alpha value is -0.540. The van der Waals surface area contributed by atoms with Crippen LogP contribution >= 0.6 is 15.9 Å². The number of nitrogens with zero attached hydrogens (tertiary/aromatic N) is 2. The van der Waals surface area contributed by atoms with Gasteiger partial charge in [0.2, 0.25) is 0 Å². The average molecular weight is 187 g/mol. The first kappa shape index (κ1) is 8.46. The molecule has 2 nitrogen and oxygen atoms in total. The molecule has 0 heterocycles. The second-order valence-electron chi connectivity index (χ2n) is 1.86. The molecule has 0 saturated carbocycles. The zero-order valence-corrected chi connectivity index (χ0v) is 6.72. The van der Waals surface area contributed by atoms with E-state index in [0.717, 1.165) is 0 Å². The molecule has 0 aromatic carbocycles. The van der Waals surface area contributed by atoms with Gasteiger partial charge in [0.15, 0.2) is 0 Å². The lowest BCUT2D eigenvalue weighted by Gasteiger charge is -1.99. The summed E-state index contributed by atoms with van der Waals surface area (Å²) in [4.78, 5) is -0.174. The molecule has 48 valence electrons. The van der Waals surface area contributed by atoms with Crippen LogP contribution in [-0.4, -0.2) is 4.83 Å². The summed E-state index contributed by atoms with van der Waals surface area (Å²) in [5.74, 6) is -0.0333. The number of alkyl halides is 1. The van der Waals surface area contributed by atoms with Crippen molar-refractivity contribution < 1.29 is 0 Å². The third-order valence-electron chi connectivity index (χ3n) is 0.921. The molecule has 0 spiro atoms. The van der Waals surface area contributed by atoms with Crippen LogP contribution in [0.1, 0.15) is 13.3 Å². The standard InChI is InChI=1S/C6H7BrN2/c1-5(3-8)2-6(7)4-9/h5-6H,2H2,1H3. The van der Waals surface area contributed by atoms with E-state index < -0.39 is 0 Å². The second-order valence-corrected chi connectivity index (χ2v) is 2.97. The van der Waals surface area contributed by atoms with Crippen molar-refractivity contribution in [2.24, 2.45) is 5.92 Å². The summed E-state index contributed by atoms with van der Waals surface area (Å²) in [7, 11) is 0. The van der Waals surface area contributed by atoms with Crippen molar-refractivity contribution >= 4 is 15.9 Å². The van der Waals surface area contributed by atoms with Crippen LogP contribution in [-0.2, 0) is 0 Å². The minimum Gasteiger partial charge on any atom is -0.198 e. The molecule has 2 unspecified atom stereocenters. The molecule has 3 heteroatoms. The molecule has 0 radical (unpaired) electrons. The number of hydrogen-bond donors (Lipinski definition) is 0. The summed E-state index contributed by atoms with van der Waals surface area (Å²) in [5, 5.41) is 16.6. The number of nitriles is 2. The van der Waals surface area contributed by atoms with Gasteiger partial charge in [-0.2, -0.15) is 10.5 Å². The van der Waals surface area contributed by atoms with Crippen LogP contribution in [0.3, 0.4) is 0 Å². The molecule has 0 aromatic heterocycles. The maximum absolute atomic E-state index is 8.30. The molecule has 0 bridgehead atoms. The largest absolute Gasteiger partial charge is 0.198 e. The molecule has 9 heavy (non-hydrogen) atoms. The fourth-order valence-electron chi connectivity index (χ4n) is 0.416. The average Bonchev–Trinajstić information content (AvgIpc) is 1.87. The minimum atomic E-state index is -0.174. The highest BCUT2D eigenvalue weighted by Crippen LogP contribution is 2.10. The third kappa shape index (κ3) is 4.00. The summed E-state index contributed by atoms with van der Waals surface area (Å²) >= 11 is 3.11. The Morgan fingerprint density at radius 3 is 2.33 bits per heavy atom. The van der Waals surface area contributed by atoms with Crippen molar-refractivity contribution in [1.82, 2.24) is 0 Å². The van der Waals surface area contributed by atoms with Gasteiger partial charge in [-0.15, -0.1) is 0 Å². The predicted octanol–water partition coefficient (Wildman–Crippen LogP) is 1.82. The molecule has 0 rings (SSSR count). The van der Waals surface area contributed by atoms with Crippen LogP contribution in [0.5, 0.6) is 0 Å². The molecule has 0 fully saturated rings. The molecule has 0 saturated heterocycles. The summed E-state index contributed by atoms with van der Waals surface area (Å²) < 4.78 is 0. The number of rotatable bonds is 2. The predicted molar refractivity (Wildman–Crippen MR) is 37.7 cm³/mol. The SMILES string of the molecule is CC(C#N)CC(Br)C#N. The van der Waals surface area contributed by atoms with Crippen LogP contribution in [0.15, 0.2) is 0 Å². The van der Waals surface area contributed by atoms with E-state index in [-0.39, 0.29) is 10.7 Å². The quantitative estimate of drug-likeness (QED) is 0.619. The van der Waals surface area contributed by atoms with Gasteiger partial charge in [0.25, 0.3) is 0 Å². The van der Waals surface area contributed by atoms with E-state index in [9.17, 15) is 0 Å². The van der Waals surface area contributed by atoms with Crippen molar-refractivity contribution in [2.75, 3.05) is 0 Å². The maximum atomic E-state index is 8.30. The van der Waals surface area contributed by atoms with Crippen molar-refractivity contribution in [2.45, 2.75) is 18.2 Å². The third-order valence-corrected chi connectivity index (χ3v) is 1.50. The minimum absolute atomic E-state index is 0.0333. The first-order valence-corrected chi connectivity index (χ1v) is 3.55. The number of hydrogen-bond acceptors (Lipinski definition) is 2.